The molecule has 1 heterocycles. The third-order valence-corrected chi connectivity index (χ3v) is 4.36. The minimum absolute atomic E-state index is 0.0744. The maximum Gasteiger partial charge on any atom is 0.303 e. The fraction of sp³-hybridized carbons (Fsp3) is 0.875. The first-order valence-corrected chi connectivity index (χ1v) is 6.13. The van der Waals surface area contributed by atoms with Crippen LogP contribution in [0.15, 0.2) is 0 Å². The molecule has 12 heavy (non-hydrogen) atoms. The van der Waals surface area contributed by atoms with Crippen LogP contribution in [0.1, 0.15) is 37.5 Å². The molecule has 0 aromatic rings. The van der Waals surface area contributed by atoms with Crippen molar-refractivity contribution in [1.82, 2.24) is 0 Å². The molecule has 0 radical (unpaired) electrons. The van der Waals surface area contributed by atoms with Crippen molar-refractivity contribution < 1.29 is 15.4 Å². The minimum Gasteiger partial charge on any atom is -0.481 e. The Hall–Kier alpha value is 0.170. The van der Waals surface area contributed by atoms with Crippen LogP contribution in [0.4, 0.5) is 0 Å². The van der Waals surface area contributed by atoms with Crippen molar-refractivity contribution in [3.63, 3.8) is 0 Å². The summed E-state index contributed by atoms with van der Waals surface area (Å²) < 4.78 is 30.4. The van der Waals surface area contributed by atoms with Gasteiger partial charge in [-0.05, 0) is 19.2 Å². The van der Waals surface area contributed by atoms with Crippen molar-refractivity contribution in [1.29, 1.82) is 0 Å². The van der Waals surface area contributed by atoms with Crippen molar-refractivity contribution in [2.75, 3.05) is 5.75 Å². The zero-order valence-corrected chi connectivity index (χ0v) is 8.21. The van der Waals surface area contributed by atoms with Gasteiger partial charge in [-0.1, -0.05) is 28.0 Å². The van der Waals surface area contributed by atoms with E-state index in [1.807, 2.05) is 0 Å². The molecule has 1 aliphatic heterocycles. The van der Waals surface area contributed by atoms with E-state index in [1.165, 1.54) is 0 Å². The number of carboxylic acids is 1. The molecule has 2 nitrogen and oxygen atoms in total. The topological polar surface area (TPSA) is 37.3 Å². The summed E-state index contributed by atoms with van der Waals surface area (Å²) in [6.07, 6.45) is -4.26. The summed E-state index contributed by atoms with van der Waals surface area (Å²) in [5.74, 6) is -0.352. The van der Waals surface area contributed by atoms with Crippen molar-refractivity contribution in [3.8, 4) is 0 Å². The summed E-state index contributed by atoms with van der Waals surface area (Å²) in [5.41, 5.74) is 0. The third kappa shape index (κ3) is 4.26. The average molecular weight is 210 g/mol. The van der Waals surface area contributed by atoms with Crippen molar-refractivity contribution in [2.45, 2.75) is 37.3 Å². The number of aliphatic carboxylic acids is 1. The third-order valence-electron chi connectivity index (χ3n) is 1.42. The van der Waals surface area contributed by atoms with Crippen LogP contribution in [-0.2, 0) is 4.79 Å². The Balaban J connectivity index is 2.62. The standard InChI is InChI=1S/C8H14O2S2/c9-8(10)4-2-1-3-7-5-6-11-12-7/h7H,1-6H2,(H,9,10)/i1D2,2D2. The molecule has 1 aliphatic rings. The average Bonchev–Trinajstić information content (AvgIpc) is 2.52. The zero-order valence-electron chi connectivity index (χ0n) is 10.6. The number of carbonyl (C=O) groups is 1. The first kappa shape index (κ1) is 5.81. The molecule has 0 spiro atoms. The molecule has 1 unspecified atom stereocenters. The number of rotatable bonds is 5. The molecule has 1 rings (SSSR count). The van der Waals surface area contributed by atoms with Gasteiger partial charge in [-0.3, -0.25) is 4.79 Å². The molecule has 70 valence electrons. The van der Waals surface area contributed by atoms with Crippen LogP contribution >= 0.6 is 21.6 Å². The van der Waals surface area contributed by atoms with E-state index in [9.17, 15) is 4.79 Å². The molecule has 0 aromatic heterocycles. The van der Waals surface area contributed by atoms with Crippen molar-refractivity contribution >= 4 is 27.6 Å². The molecular weight excluding hydrogens is 192 g/mol. The normalized spacial score (nSPS) is 30.2. The van der Waals surface area contributed by atoms with Gasteiger partial charge in [0.05, 0.1) is 0 Å². The lowest BCUT2D eigenvalue weighted by molar-refractivity contribution is -0.137. The molecule has 0 bridgehead atoms. The monoisotopic (exact) mass is 210 g/mol. The van der Waals surface area contributed by atoms with Gasteiger partial charge in [-0.25, -0.2) is 0 Å². The minimum atomic E-state index is -2.31. The highest BCUT2D eigenvalue weighted by molar-refractivity contribution is 8.77. The summed E-state index contributed by atoms with van der Waals surface area (Å²) in [7, 11) is 3.23. The van der Waals surface area contributed by atoms with Crippen molar-refractivity contribution in [3.05, 3.63) is 0 Å². The number of carboxylic acid groups (broad SMARTS) is 1. The highest BCUT2D eigenvalue weighted by atomic mass is 33.1. The fourth-order valence-corrected chi connectivity index (χ4v) is 3.66. The zero-order chi connectivity index (χ0) is 12.4. The highest BCUT2D eigenvalue weighted by Crippen LogP contribution is 2.39. The number of hydrogen-bond donors (Lipinski definition) is 1. The number of hydrogen-bond acceptors (Lipinski definition) is 3. The fourth-order valence-electron chi connectivity index (χ4n) is 0.832. The van der Waals surface area contributed by atoms with E-state index in [0.717, 1.165) is 12.2 Å². The largest absolute Gasteiger partial charge is 0.481 e. The summed E-state index contributed by atoms with van der Waals surface area (Å²) >= 11 is 0. The summed E-state index contributed by atoms with van der Waals surface area (Å²) in [6, 6.07) is 0. The predicted octanol–water partition coefficient (Wildman–Crippen LogP) is 2.79. The van der Waals surface area contributed by atoms with Gasteiger partial charge >= 0.3 is 5.97 Å². The highest BCUT2D eigenvalue weighted by Gasteiger charge is 2.15. The van der Waals surface area contributed by atoms with E-state index in [-0.39, 0.29) is 11.7 Å². The molecule has 1 saturated heterocycles. The van der Waals surface area contributed by atoms with Crippen LogP contribution in [0, 0.1) is 0 Å². The van der Waals surface area contributed by atoms with Crippen LogP contribution < -0.4 is 0 Å². The Kier molecular flexibility index (Phi) is 2.78. The van der Waals surface area contributed by atoms with Crippen LogP contribution in [0.5, 0.6) is 0 Å². The van der Waals surface area contributed by atoms with Crippen LogP contribution in [0.3, 0.4) is 0 Å². The van der Waals surface area contributed by atoms with Crippen LogP contribution in [-0.4, -0.2) is 22.1 Å². The van der Waals surface area contributed by atoms with E-state index >= 15 is 0 Å². The summed E-state index contributed by atoms with van der Waals surface area (Å²) in [6.45, 7) is 0. The lowest BCUT2D eigenvalue weighted by Crippen LogP contribution is -1.99. The lowest BCUT2D eigenvalue weighted by Gasteiger charge is -2.04. The SMILES string of the molecule is [2H]C([2H])(CC(=O)O)C([2H])([2H])CC1CCSS1. The smallest absolute Gasteiger partial charge is 0.303 e. The molecule has 0 saturated carbocycles. The first-order valence-electron chi connectivity index (χ1n) is 5.75. The molecule has 0 aromatic carbocycles. The van der Waals surface area contributed by atoms with Gasteiger partial charge in [0.1, 0.15) is 0 Å². The van der Waals surface area contributed by atoms with E-state index in [4.69, 9.17) is 10.6 Å². The second-order valence-electron chi connectivity index (χ2n) is 2.46. The quantitative estimate of drug-likeness (QED) is 0.708. The van der Waals surface area contributed by atoms with Crippen molar-refractivity contribution in [2.24, 2.45) is 0 Å². The molecule has 1 fully saturated rings. The lowest BCUT2D eigenvalue weighted by atomic mass is 10.1. The summed E-state index contributed by atoms with van der Waals surface area (Å²) in [4.78, 5) is 10.5. The van der Waals surface area contributed by atoms with Gasteiger partial charge in [0.25, 0.3) is 0 Å². The maximum atomic E-state index is 10.5. The maximum absolute atomic E-state index is 10.5. The van der Waals surface area contributed by atoms with Gasteiger partial charge in [-0.2, -0.15) is 0 Å². The van der Waals surface area contributed by atoms with Gasteiger partial charge in [0.15, 0.2) is 0 Å². The molecule has 1 N–H and O–H groups in total. The molecule has 0 aliphatic carbocycles. The Morgan fingerprint density at radius 1 is 1.67 bits per heavy atom. The Labute approximate surface area is 86.5 Å². The van der Waals surface area contributed by atoms with E-state index in [2.05, 4.69) is 0 Å². The molecular formula is C8H14O2S2. The second kappa shape index (κ2) is 5.75. The second-order valence-corrected chi connectivity index (χ2v) is 5.24. The molecule has 1 atom stereocenters. The predicted molar refractivity (Wildman–Crippen MR) is 54.6 cm³/mol. The summed E-state index contributed by atoms with van der Waals surface area (Å²) in [5, 5.41) is 8.64. The Bertz CT molecular complexity index is 267. The van der Waals surface area contributed by atoms with E-state index in [1.54, 1.807) is 21.6 Å². The van der Waals surface area contributed by atoms with Gasteiger partial charge < -0.3 is 5.11 Å². The molecule has 4 heteroatoms. The van der Waals surface area contributed by atoms with E-state index in [0.29, 0.717) is 0 Å². The van der Waals surface area contributed by atoms with Gasteiger partial charge in [0, 0.05) is 22.9 Å². The Morgan fingerprint density at radius 2 is 2.50 bits per heavy atom. The molecule has 0 amide bonds. The van der Waals surface area contributed by atoms with Crippen LogP contribution in [0.2, 0.25) is 0 Å². The van der Waals surface area contributed by atoms with Crippen LogP contribution in [0.25, 0.3) is 0 Å². The Morgan fingerprint density at radius 3 is 3.08 bits per heavy atom. The van der Waals surface area contributed by atoms with E-state index < -0.39 is 25.1 Å². The van der Waals surface area contributed by atoms with Gasteiger partial charge in [0.2, 0.25) is 0 Å². The van der Waals surface area contributed by atoms with Gasteiger partial charge in [-0.15, -0.1) is 0 Å². The first-order chi connectivity index (χ1) is 7.24.